The van der Waals surface area contributed by atoms with Gasteiger partial charge < -0.3 is 10.2 Å². The van der Waals surface area contributed by atoms with Crippen molar-refractivity contribution in [2.45, 2.75) is 53.9 Å². The Morgan fingerprint density at radius 3 is 2.07 bits per heavy atom. The molecule has 0 aromatic carbocycles. The van der Waals surface area contributed by atoms with Crippen LogP contribution in [0.15, 0.2) is 71.3 Å². The van der Waals surface area contributed by atoms with Gasteiger partial charge >= 0.3 is 0 Å². The molecule has 1 saturated carbocycles. The Morgan fingerprint density at radius 2 is 1.50 bits per heavy atom. The molecule has 0 spiro atoms. The van der Waals surface area contributed by atoms with Crippen LogP contribution in [0.2, 0.25) is 0 Å². The molecule has 1 amide bonds. The van der Waals surface area contributed by atoms with E-state index < -0.39 is 0 Å². The number of nitrogens with zero attached hydrogens (tertiary/aromatic N) is 1. The highest BCUT2D eigenvalue weighted by Gasteiger charge is 2.44. The average molecular weight is 381 g/mol. The topological polar surface area (TPSA) is 32.3 Å². The minimum Gasteiger partial charge on any atom is -0.359 e. The van der Waals surface area contributed by atoms with Crippen LogP contribution in [0.3, 0.4) is 0 Å². The molecule has 3 unspecified atom stereocenters. The second-order valence-electron chi connectivity index (χ2n) is 8.41. The van der Waals surface area contributed by atoms with Crippen molar-refractivity contribution in [2.24, 2.45) is 17.8 Å². The highest BCUT2D eigenvalue weighted by molar-refractivity contribution is 5.78. The molecule has 1 N–H and O–H groups in total. The van der Waals surface area contributed by atoms with Crippen LogP contribution in [0.25, 0.3) is 0 Å². The van der Waals surface area contributed by atoms with Crippen LogP contribution in [-0.4, -0.2) is 17.9 Å². The molecule has 3 nitrogen and oxygen atoms in total. The van der Waals surface area contributed by atoms with Gasteiger partial charge in [-0.25, -0.2) is 0 Å². The van der Waals surface area contributed by atoms with Crippen LogP contribution in [0.1, 0.15) is 53.9 Å². The van der Waals surface area contributed by atoms with Crippen molar-refractivity contribution in [2.75, 3.05) is 7.05 Å². The van der Waals surface area contributed by atoms with Gasteiger partial charge in [0.1, 0.15) is 0 Å². The van der Waals surface area contributed by atoms with E-state index in [-0.39, 0.29) is 11.8 Å². The minimum atomic E-state index is 0.0880. The molecule has 152 valence electrons. The van der Waals surface area contributed by atoms with Gasteiger partial charge in [0.25, 0.3) is 0 Å². The molecule has 0 radical (unpaired) electrons. The Morgan fingerprint density at radius 1 is 0.929 bits per heavy atom. The first-order chi connectivity index (χ1) is 13.2. The van der Waals surface area contributed by atoms with Gasteiger partial charge in [-0.2, -0.15) is 0 Å². The van der Waals surface area contributed by atoms with E-state index in [0.717, 1.165) is 36.4 Å². The Kier molecular flexibility index (Phi) is 7.29. The molecular formula is C25H36N2O. The molecule has 2 aliphatic rings. The van der Waals surface area contributed by atoms with Gasteiger partial charge in [0, 0.05) is 41.9 Å². The first kappa shape index (κ1) is 22.0. The van der Waals surface area contributed by atoms with Crippen LogP contribution in [0.4, 0.5) is 0 Å². The number of likely N-dealkylation sites (tertiary alicyclic amines) is 1. The van der Waals surface area contributed by atoms with Crippen LogP contribution in [0.5, 0.6) is 0 Å². The van der Waals surface area contributed by atoms with E-state index in [9.17, 15) is 4.79 Å². The van der Waals surface area contributed by atoms with E-state index in [0.29, 0.717) is 11.8 Å². The Bertz CT molecular complexity index is 774. The number of rotatable bonds is 5. The summed E-state index contributed by atoms with van der Waals surface area (Å²) < 4.78 is 0. The van der Waals surface area contributed by atoms with E-state index in [1.165, 1.54) is 16.7 Å². The summed E-state index contributed by atoms with van der Waals surface area (Å²) in [5.74, 6) is 0.960. The first-order valence-electron chi connectivity index (χ1n) is 10.2. The van der Waals surface area contributed by atoms with E-state index in [1.807, 2.05) is 0 Å². The highest BCUT2D eigenvalue weighted by Crippen LogP contribution is 2.50. The fourth-order valence-electron chi connectivity index (χ4n) is 4.22. The third-order valence-corrected chi connectivity index (χ3v) is 6.11. The van der Waals surface area contributed by atoms with Gasteiger partial charge in [0.05, 0.1) is 0 Å². The number of amides is 1. The lowest BCUT2D eigenvalue weighted by molar-refractivity contribution is -0.126. The largest absolute Gasteiger partial charge is 0.359 e. The maximum absolute atomic E-state index is 12.1. The summed E-state index contributed by atoms with van der Waals surface area (Å²) in [5.41, 5.74) is 7.13. The standard InChI is InChI=1S/C25H36N2O/c1-16(2)9-10-17(3)18(4)11-12-19(5)27-20(6)23-14-13-22(25(28)26-8)15-24(23)21(27)7/h9-12,22-24H,6-7,13-15H2,1-5,8H3,(H,26,28)/b17-10+,18-11+,19-12+. The SMILES string of the molecule is C=C1C2CCC(C(=O)NC)CC2C(=C)N1/C(C)=C/C=C(C)/C(C)=C/C=C(C)C. The van der Waals surface area contributed by atoms with Crippen LogP contribution in [-0.2, 0) is 4.79 Å². The first-order valence-corrected chi connectivity index (χ1v) is 10.2. The second kappa shape index (κ2) is 9.27. The van der Waals surface area contributed by atoms with E-state index in [1.54, 1.807) is 7.05 Å². The number of allylic oxidation sites excluding steroid dienone is 10. The number of carbonyl (C=O) groups is 1. The number of hydrogen-bond donors (Lipinski definition) is 1. The number of nitrogens with one attached hydrogen (secondary N) is 1. The monoisotopic (exact) mass is 380 g/mol. The molecule has 0 bridgehead atoms. The summed E-state index contributed by atoms with van der Waals surface area (Å²) >= 11 is 0. The number of carbonyl (C=O) groups excluding carboxylic acids is 1. The summed E-state index contributed by atoms with van der Waals surface area (Å²) in [6, 6.07) is 0. The summed E-state index contributed by atoms with van der Waals surface area (Å²) in [6.45, 7) is 19.3. The molecule has 0 aromatic heterocycles. The van der Waals surface area contributed by atoms with E-state index in [2.05, 4.69) is 82.3 Å². The van der Waals surface area contributed by atoms with Gasteiger partial charge in [0.15, 0.2) is 0 Å². The van der Waals surface area contributed by atoms with Crippen molar-refractivity contribution >= 4 is 5.91 Å². The molecule has 1 aliphatic heterocycles. The van der Waals surface area contributed by atoms with Gasteiger partial charge in [-0.1, -0.05) is 37.0 Å². The van der Waals surface area contributed by atoms with E-state index in [4.69, 9.17) is 0 Å². The predicted molar refractivity (Wildman–Crippen MR) is 119 cm³/mol. The van der Waals surface area contributed by atoms with Crippen molar-refractivity contribution < 1.29 is 4.79 Å². The molecule has 2 rings (SSSR count). The third-order valence-electron chi connectivity index (χ3n) is 6.11. The van der Waals surface area contributed by atoms with E-state index >= 15 is 0 Å². The van der Waals surface area contributed by atoms with Crippen LogP contribution in [0, 0.1) is 17.8 Å². The molecule has 1 heterocycles. The summed E-state index contributed by atoms with van der Waals surface area (Å²) in [7, 11) is 1.72. The summed E-state index contributed by atoms with van der Waals surface area (Å²) in [6.07, 6.45) is 11.4. The van der Waals surface area contributed by atoms with Crippen molar-refractivity contribution in [1.82, 2.24) is 10.2 Å². The molecule has 3 atom stereocenters. The molecule has 3 heteroatoms. The van der Waals surface area contributed by atoms with Gasteiger partial charge in [0.2, 0.25) is 5.91 Å². The summed E-state index contributed by atoms with van der Waals surface area (Å²) in [4.78, 5) is 14.3. The fraction of sp³-hybridized carbons (Fsp3) is 0.480. The molecule has 1 saturated heterocycles. The van der Waals surface area contributed by atoms with Crippen molar-refractivity contribution in [1.29, 1.82) is 0 Å². The van der Waals surface area contributed by atoms with Crippen LogP contribution < -0.4 is 5.32 Å². The quantitative estimate of drug-likeness (QED) is 0.605. The lowest BCUT2D eigenvalue weighted by atomic mass is 9.74. The van der Waals surface area contributed by atoms with Crippen LogP contribution >= 0.6 is 0 Å². The smallest absolute Gasteiger partial charge is 0.222 e. The maximum Gasteiger partial charge on any atom is 0.222 e. The second-order valence-corrected chi connectivity index (χ2v) is 8.41. The fourth-order valence-corrected chi connectivity index (χ4v) is 4.22. The maximum atomic E-state index is 12.1. The zero-order valence-electron chi connectivity index (χ0n) is 18.4. The number of fused-ring (bicyclic) bond motifs is 1. The molecule has 28 heavy (non-hydrogen) atoms. The molecule has 1 aliphatic carbocycles. The van der Waals surface area contributed by atoms with Crippen molar-refractivity contribution in [3.05, 3.63) is 71.3 Å². The lowest BCUT2D eigenvalue weighted by Gasteiger charge is -2.30. The Balaban J connectivity index is 2.18. The van der Waals surface area contributed by atoms with Gasteiger partial charge in [-0.3, -0.25) is 4.79 Å². The lowest BCUT2D eigenvalue weighted by Crippen LogP contribution is -2.33. The zero-order valence-corrected chi connectivity index (χ0v) is 18.4. The van der Waals surface area contributed by atoms with Crippen molar-refractivity contribution in [3.8, 4) is 0 Å². The van der Waals surface area contributed by atoms with Gasteiger partial charge in [-0.05, 0) is 71.1 Å². The minimum absolute atomic E-state index is 0.0880. The molecule has 2 fully saturated rings. The Labute approximate surface area is 171 Å². The average Bonchev–Trinajstić information content (AvgIpc) is 2.93. The van der Waals surface area contributed by atoms with Gasteiger partial charge in [-0.15, -0.1) is 0 Å². The predicted octanol–water partition coefficient (Wildman–Crippen LogP) is 5.87. The normalized spacial score (nSPS) is 26.3. The zero-order chi connectivity index (χ0) is 21.0. The third kappa shape index (κ3) is 4.76. The van der Waals surface area contributed by atoms with Crippen molar-refractivity contribution in [3.63, 3.8) is 0 Å². The Hall–Kier alpha value is -2.29. The molecular weight excluding hydrogens is 344 g/mol. The molecule has 0 aromatic rings. The highest BCUT2D eigenvalue weighted by atomic mass is 16.1. The summed E-state index contributed by atoms with van der Waals surface area (Å²) in [5, 5.41) is 2.80. The number of hydrogen-bond acceptors (Lipinski definition) is 2.